The Labute approximate surface area is 94.3 Å². The van der Waals surface area contributed by atoms with E-state index in [9.17, 15) is 4.79 Å². The number of nitrogen functional groups attached to an aromatic ring is 1. The third kappa shape index (κ3) is 1.98. The molecule has 0 aliphatic rings. The summed E-state index contributed by atoms with van der Waals surface area (Å²) in [5.74, 6) is 0.0271. The summed E-state index contributed by atoms with van der Waals surface area (Å²) in [5.41, 5.74) is 6.77. The molecule has 0 unspecified atom stereocenters. The highest BCUT2D eigenvalue weighted by Gasteiger charge is 2.15. The molecule has 86 valence electrons. The third-order valence-electron chi connectivity index (χ3n) is 2.02. The standard InChI is InChI=1S/C9H10N4O.C2H6/c1-11-9(14)7-6-4-2-3-5-13(6)12-8(7)10;1-2/h2-5H,1H3,(H2,10,12)(H,11,14);1-2H3. The molecular formula is C11H16N4O. The van der Waals surface area contributed by atoms with Crippen LogP contribution in [0.1, 0.15) is 24.2 Å². The molecule has 16 heavy (non-hydrogen) atoms. The van der Waals surface area contributed by atoms with Gasteiger partial charge in [0.2, 0.25) is 0 Å². The zero-order valence-corrected chi connectivity index (χ0v) is 9.69. The van der Waals surface area contributed by atoms with Crippen LogP contribution in [0, 0.1) is 0 Å². The predicted octanol–water partition coefficient (Wildman–Crippen LogP) is 1.30. The normalized spacial score (nSPS) is 9.44. The molecule has 0 fully saturated rings. The van der Waals surface area contributed by atoms with Gasteiger partial charge in [-0.2, -0.15) is 0 Å². The highest BCUT2D eigenvalue weighted by molar-refractivity contribution is 6.04. The molecule has 0 aromatic carbocycles. The number of amides is 1. The molecule has 5 heteroatoms. The Kier molecular flexibility index (Phi) is 3.88. The zero-order chi connectivity index (χ0) is 12.1. The molecule has 0 atom stereocenters. The van der Waals surface area contributed by atoms with Crippen molar-refractivity contribution in [3.63, 3.8) is 0 Å². The van der Waals surface area contributed by atoms with E-state index in [1.165, 1.54) is 0 Å². The van der Waals surface area contributed by atoms with Crippen LogP contribution in [-0.4, -0.2) is 22.6 Å². The predicted molar refractivity (Wildman–Crippen MR) is 64.3 cm³/mol. The number of aromatic nitrogens is 2. The molecule has 0 spiro atoms. The number of anilines is 1. The van der Waals surface area contributed by atoms with Gasteiger partial charge in [-0.05, 0) is 12.1 Å². The Hall–Kier alpha value is -2.04. The fourth-order valence-electron chi connectivity index (χ4n) is 1.37. The maximum absolute atomic E-state index is 11.5. The largest absolute Gasteiger partial charge is 0.382 e. The van der Waals surface area contributed by atoms with Gasteiger partial charge in [-0.1, -0.05) is 19.9 Å². The lowest BCUT2D eigenvalue weighted by atomic mass is 10.2. The van der Waals surface area contributed by atoms with E-state index in [4.69, 9.17) is 5.73 Å². The Balaban J connectivity index is 0.000000606. The van der Waals surface area contributed by atoms with E-state index in [0.717, 1.165) is 0 Å². The number of nitrogens with one attached hydrogen (secondary N) is 1. The summed E-state index contributed by atoms with van der Waals surface area (Å²) in [5, 5.41) is 6.54. The minimum absolute atomic E-state index is 0.219. The van der Waals surface area contributed by atoms with E-state index < -0.39 is 0 Å². The van der Waals surface area contributed by atoms with Gasteiger partial charge in [0.05, 0.1) is 5.52 Å². The van der Waals surface area contributed by atoms with Crippen molar-refractivity contribution in [2.24, 2.45) is 0 Å². The summed E-state index contributed by atoms with van der Waals surface area (Å²) in [6, 6.07) is 5.46. The number of carbonyl (C=O) groups excluding carboxylic acids is 1. The molecule has 5 nitrogen and oxygen atoms in total. The van der Waals surface area contributed by atoms with Crippen LogP contribution in [0.15, 0.2) is 24.4 Å². The van der Waals surface area contributed by atoms with Crippen molar-refractivity contribution in [1.29, 1.82) is 0 Å². The molecule has 2 rings (SSSR count). The average Bonchev–Trinajstić information content (AvgIpc) is 2.66. The molecule has 0 aliphatic heterocycles. The summed E-state index contributed by atoms with van der Waals surface area (Å²) >= 11 is 0. The summed E-state index contributed by atoms with van der Waals surface area (Å²) in [7, 11) is 1.56. The Morgan fingerprint density at radius 2 is 2.12 bits per heavy atom. The first-order valence-electron chi connectivity index (χ1n) is 5.19. The fourth-order valence-corrected chi connectivity index (χ4v) is 1.37. The summed E-state index contributed by atoms with van der Waals surface area (Å²) in [6.07, 6.45) is 1.75. The van der Waals surface area contributed by atoms with E-state index >= 15 is 0 Å². The van der Waals surface area contributed by atoms with Crippen LogP contribution in [0.5, 0.6) is 0 Å². The van der Waals surface area contributed by atoms with Crippen LogP contribution in [0.4, 0.5) is 5.82 Å². The van der Waals surface area contributed by atoms with Gasteiger partial charge in [-0.25, -0.2) is 4.52 Å². The second-order valence-electron chi connectivity index (χ2n) is 2.87. The van der Waals surface area contributed by atoms with Gasteiger partial charge >= 0.3 is 0 Å². The molecule has 0 saturated carbocycles. The minimum atomic E-state index is -0.219. The molecule has 0 aliphatic carbocycles. The summed E-state index contributed by atoms with van der Waals surface area (Å²) in [6.45, 7) is 4.00. The van der Waals surface area contributed by atoms with Crippen molar-refractivity contribution in [1.82, 2.24) is 14.9 Å². The van der Waals surface area contributed by atoms with Gasteiger partial charge in [0.25, 0.3) is 5.91 Å². The number of rotatable bonds is 1. The number of pyridine rings is 1. The molecule has 1 amide bonds. The monoisotopic (exact) mass is 220 g/mol. The number of hydrogen-bond donors (Lipinski definition) is 2. The first kappa shape index (κ1) is 12.0. The summed E-state index contributed by atoms with van der Waals surface area (Å²) in [4.78, 5) is 11.5. The number of hydrogen-bond acceptors (Lipinski definition) is 3. The fraction of sp³-hybridized carbons (Fsp3) is 0.273. The van der Waals surface area contributed by atoms with E-state index in [-0.39, 0.29) is 11.7 Å². The number of nitrogens with zero attached hydrogens (tertiary/aromatic N) is 2. The third-order valence-corrected chi connectivity index (χ3v) is 2.02. The Morgan fingerprint density at radius 3 is 2.75 bits per heavy atom. The van der Waals surface area contributed by atoms with Crippen molar-refractivity contribution >= 4 is 17.2 Å². The van der Waals surface area contributed by atoms with Crippen LogP contribution < -0.4 is 11.1 Å². The van der Waals surface area contributed by atoms with Crippen LogP contribution in [0.3, 0.4) is 0 Å². The van der Waals surface area contributed by atoms with E-state index in [2.05, 4.69) is 10.4 Å². The lowest BCUT2D eigenvalue weighted by Crippen LogP contribution is -2.18. The SMILES string of the molecule is CC.CNC(=O)c1c(N)nn2ccccc12. The molecule has 2 heterocycles. The zero-order valence-electron chi connectivity index (χ0n) is 9.69. The van der Waals surface area contributed by atoms with Crippen molar-refractivity contribution in [3.05, 3.63) is 30.0 Å². The van der Waals surface area contributed by atoms with Crippen LogP contribution in [0.2, 0.25) is 0 Å². The molecule has 3 N–H and O–H groups in total. The number of nitrogens with two attached hydrogens (primary N) is 1. The Morgan fingerprint density at radius 1 is 1.44 bits per heavy atom. The van der Waals surface area contributed by atoms with E-state index in [0.29, 0.717) is 11.1 Å². The second-order valence-corrected chi connectivity index (χ2v) is 2.87. The van der Waals surface area contributed by atoms with Gasteiger partial charge in [0.15, 0.2) is 5.82 Å². The van der Waals surface area contributed by atoms with Gasteiger partial charge in [0.1, 0.15) is 5.56 Å². The van der Waals surface area contributed by atoms with E-state index in [1.807, 2.05) is 26.0 Å². The first-order chi connectivity index (χ1) is 7.74. The van der Waals surface area contributed by atoms with Gasteiger partial charge in [-0.15, -0.1) is 5.10 Å². The van der Waals surface area contributed by atoms with Gasteiger partial charge in [0, 0.05) is 13.2 Å². The number of fused-ring (bicyclic) bond motifs is 1. The topological polar surface area (TPSA) is 72.4 Å². The average molecular weight is 220 g/mol. The lowest BCUT2D eigenvalue weighted by Gasteiger charge is -1.97. The van der Waals surface area contributed by atoms with Gasteiger partial charge in [-0.3, -0.25) is 4.79 Å². The molecule has 0 bridgehead atoms. The van der Waals surface area contributed by atoms with Crippen LogP contribution in [0.25, 0.3) is 5.52 Å². The quantitative estimate of drug-likeness (QED) is 0.761. The minimum Gasteiger partial charge on any atom is -0.382 e. The van der Waals surface area contributed by atoms with Crippen molar-refractivity contribution in [2.75, 3.05) is 12.8 Å². The number of carbonyl (C=O) groups is 1. The molecule has 0 radical (unpaired) electrons. The summed E-state index contributed by atoms with van der Waals surface area (Å²) < 4.78 is 1.58. The van der Waals surface area contributed by atoms with Crippen molar-refractivity contribution < 1.29 is 4.79 Å². The van der Waals surface area contributed by atoms with Crippen molar-refractivity contribution in [2.45, 2.75) is 13.8 Å². The van der Waals surface area contributed by atoms with Gasteiger partial charge < -0.3 is 11.1 Å². The second kappa shape index (κ2) is 5.16. The highest BCUT2D eigenvalue weighted by atomic mass is 16.1. The molecule has 2 aromatic rings. The van der Waals surface area contributed by atoms with Crippen LogP contribution >= 0.6 is 0 Å². The Bertz CT molecular complexity index is 490. The molecule has 0 saturated heterocycles. The van der Waals surface area contributed by atoms with E-state index in [1.54, 1.807) is 23.8 Å². The maximum atomic E-state index is 11.5. The molecular weight excluding hydrogens is 204 g/mol. The van der Waals surface area contributed by atoms with Crippen LogP contribution in [-0.2, 0) is 0 Å². The smallest absolute Gasteiger partial charge is 0.257 e. The molecule has 2 aromatic heterocycles. The lowest BCUT2D eigenvalue weighted by molar-refractivity contribution is 0.0965. The van der Waals surface area contributed by atoms with Crippen molar-refractivity contribution in [3.8, 4) is 0 Å². The highest BCUT2D eigenvalue weighted by Crippen LogP contribution is 2.16. The first-order valence-corrected chi connectivity index (χ1v) is 5.19. The maximum Gasteiger partial charge on any atom is 0.257 e.